The van der Waals surface area contributed by atoms with Gasteiger partial charge in [-0.1, -0.05) is 39.5 Å². The summed E-state index contributed by atoms with van der Waals surface area (Å²) >= 11 is 0. The van der Waals surface area contributed by atoms with E-state index in [4.69, 9.17) is 0 Å². The summed E-state index contributed by atoms with van der Waals surface area (Å²) < 4.78 is 1.85. The standard InChI is InChI=1S/C16H23N3O/c1-3-5-7-13(8-6-4-2)16(20)14-11-18-15-12-17-9-10-19(14)15/h9-13H,3-8H2,1-2H3. The summed E-state index contributed by atoms with van der Waals surface area (Å²) in [6.45, 7) is 4.34. The van der Waals surface area contributed by atoms with Crippen molar-refractivity contribution in [3.8, 4) is 0 Å². The van der Waals surface area contributed by atoms with Crippen molar-refractivity contribution in [2.75, 3.05) is 0 Å². The van der Waals surface area contributed by atoms with E-state index >= 15 is 0 Å². The summed E-state index contributed by atoms with van der Waals surface area (Å²) in [5.74, 6) is 0.355. The van der Waals surface area contributed by atoms with Gasteiger partial charge in [-0.2, -0.15) is 0 Å². The maximum absolute atomic E-state index is 12.8. The Labute approximate surface area is 120 Å². The molecule has 4 nitrogen and oxygen atoms in total. The minimum atomic E-state index is 0.128. The highest BCUT2D eigenvalue weighted by atomic mass is 16.1. The van der Waals surface area contributed by atoms with E-state index in [2.05, 4.69) is 23.8 Å². The molecule has 0 saturated carbocycles. The van der Waals surface area contributed by atoms with Gasteiger partial charge >= 0.3 is 0 Å². The van der Waals surface area contributed by atoms with Crippen LogP contribution in [-0.4, -0.2) is 20.2 Å². The van der Waals surface area contributed by atoms with Crippen LogP contribution in [0.3, 0.4) is 0 Å². The van der Waals surface area contributed by atoms with Gasteiger partial charge < -0.3 is 0 Å². The van der Waals surface area contributed by atoms with Gasteiger partial charge in [0.25, 0.3) is 0 Å². The van der Waals surface area contributed by atoms with Crippen LogP contribution in [0.5, 0.6) is 0 Å². The summed E-state index contributed by atoms with van der Waals surface area (Å²) in [6.07, 6.45) is 13.3. The van der Waals surface area contributed by atoms with Gasteiger partial charge in [0.15, 0.2) is 11.4 Å². The first kappa shape index (κ1) is 14.7. The third kappa shape index (κ3) is 3.24. The van der Waals surface area contributed by atoms with E-state index in [0.29, 0.717) is 5.69 Å². The van der Waals surface area contributed by atoms with Crippen LogP contribution < -0.4 is 0 Å². The molecule has 2 aromatic rings. The van der Waals surface area contributed by atoms with Gasteiger partial charge in [0.05, 0.1) is 12.4 Å². The molecular formula is C16H23N3O. The van der Waals surface area contributed by atoms with E-state index in [1.807, 2.05) is 10.6 Å². The lowest BCUT2D eigenvalue weighted by Gasteiger charge is -2.14. The zero-order valence-corrected chi connectivity index (χ0v) is 12.4. The van der Waals surface area contributed by atoms with Crippen LogP contribution in [-0.2, 0) is 0 Å². The molecule has 108 valence electrons. The highest BCUT2D eigenvalue weighted by molar-refractivity contribution is 5.96. The number of carbonyl (C=O) groups excluding carboxylic acids is 1. The topological polar surface area (TPSA) is 47.3 Å². The molecule has 0 bridgehead atoms. The number of fused-ring (bicyclic) bond motifs is 1. The molecule has 0 aliphatic heterocycles. The third-order valence-electron chi connectivity index (χ3n) is 3.75. The molecule has 0 aliphatic carbocycles. The van der Waals surface area contributed by atoms with Crippen molar-refractivity contribution in [3.63, 3.8) is 0 Å². The van der Waals surface area contributed by atoms with Crippen molar-refractivity contribution >= 4 is 11.4 Å². The van der Waals surface area contributed by atoms with Gasteiger partial charge in [0.1, 0.15) is 5.69 Å². The molecule has 0 aliphatic rings. The second-order valence-electron chi connectivity index (χ2n) is 5.29. The average molecular weight is 273 g/mol. The van der Waals surface area contributed by atoms with Gasteiger partial charge in [-0.3, -0.25) is 14.2 Å². The Bertz CT molecular complexity index is 554. The lowest BCUT2D eigenvalue weighted by atomic mass is 9.90. The number of hydrogen-bond donors (Lipinski definition) is 0. The van der Waals surface area contributed by atoms with Crippen molar-refractivity contribution in [1.29, 1.82) is 0 Å². The lowest BCUT2D eigenvalue weighted by Crippen LogP contribution is -2.17. The predicted octanol–water partition coefficient (Wildman–Crippen LogP) is 3.91. The predicted molar refractivity (Wildman–Crippen MR) is 79.9 cm³/mol. The van der Waals surface area contributed by atoms with Gasteiger partial charge in [0.2, 0.25) is 0 Å². The molecule has 2 heterocycles. The third-order valence-corrected chi connectivity index (χ3v) is 3.75. The van der Waals surface area contributed by atoms with Crippen molar-refractivity contribution in [1.82, 2.24) is 14.4 Å². The van der Waals surface area contributed by atoms with Crippen molar-refractivity contribution in [2.45, 2.75) is 52.4 Å². The Morgan fingerprint density at radius 3 is 2.55 bits per heavy atom. The molecule has 20 heavy (non-hydrogen) atoms. The first-order valence-corrected chi connectivity index (χ1v) is 7.59. The maximum Gasteiger partial charge on any atom is 0.184 e. The number of nitrogens with zero attached hydrogens (tertiary/aromatic N) is 3. The zero-order chi connectivity index (χ0) is 14.4. The molecule has 0 unspecified atom stereocenters. The summed E-state index contributed by atoms with van der Waals surface area (Å²) in [5.41, 5.74) is 1.43. The molecule has 0 saturated heterocycles. The van der Waals surface area contributed by atoms with Crippen LogP contribution >= 0.6 is 0 Å². The van der Waals surface area contributed by atoms with Crippen LogP contribution in [0.4, 0.5) is 0 Å². The number of unbranched alkanes of at least 4 members (excludes halogenated alkanes) is 2. The van der Waals surface area contributed by atoms with Crippen molar-refractivity contribution in [3.05, 3.63) is 30.5 Å². The molecule has 0 spiro atoms. The Hall–Kier alpha value is -1.71. The van der Waals surface area contributed by atoms with Gasteiger partial charge in [0, 0.05) is 18.3 Å². The first-order valence-electron chi connectivity index (χ1n) is 7.59. The number of hydrogen-bond acceptors (Lipinski definition) is 3. The smallest absolute Gasteiger partial charge is 0.184 e. The molecular weight excluding hydrogens is 250 g/mol. The number of carbonyl (C=O) groups is 1. The fourth-order valence-electron chi connectivity index (χ4n) is 2.54. The van der Waals surface area contributed by atoms with Gasteiger partial charge in [-0.05, 0) is 12.8 Å². The van der Waals surface area contributed by atoms with E-state index in [0.717, 1.165) is 44.2 Å². The lowest BCUT2D eigenvalue weighted by molar-refractivity contribution is 0.0896. The SMILES string of the molecule is CCCCC(CCCC)C(=O)c1cnc2cnccn12. The van der Waals surface area contributed by atoms with Crippen LogP contribution in [0, 0.1) is 5.92 Å². The molecule has 0 atom stereocenters. The van der Waals surface area contributed by atoms with Gasteiger partial charge in [-0.15, -0.1) is 0 Å². The highest BCUT2D eigenvalue weighted by Crippen LogP contribution is 2.21. The summed E-state index contributed by atoms with van der Waals surface area (Å²) in [7, 11) is 0. The van der Waals surface area contributed by atoms with Crippen LogP contribution in [0.2, 0.25) is 0 Å². The monoisotopic (exact) mass is 273 g/mol. The molecule has 2 rings (SSSR count). The minimum Gasteiger partial charge on any atom is -0.294 e. The van der Waals surface area contributed by atoms with E-state index in [9.17, 15) is 4.79 Å². The highest BCUT2D eigenvalue weighted by Gasteiger charge is 2.22. The Morgan fingerprint density at radius 1 is 1.20 bits per heavy atom. The van der Waals surface area contributed by atoms with Crippen molar-refractivity contribution < 1.29 is 4.79 Å². The van der Waals surface area contributed by atoms with E-state index < -0.39 is 0 Å². The molecule has 0 N–H and O–H groups in total. The minimum absolute atomic E-state index is 0.128. The molecule has 0 aromatic carbocycles. The molecule has 2 aromatic heterocycles. The molecule has 0 radical (unpaired) electrons. The quantitative estimate of drug-likeness (QED) is 0.685. The maximum atomic E-state index is 12.8. The number of Topliss-reactive ketones (excluding diaryl/α,β-unsaturated/α-hetero) is 1. The Morgan fingerprint density at radius 2 is 1.90 bits per heavy atom. The Balaban J connectivity index is 2.21. The first-order chi connectivity index (χ1) is 9.77. The molecule has 0 amide bonds. The van der Waals surface area contributed by atoms with E-state index in [1.54, 1.807) is 18.6 Å². The number of imidazole rings is 1. The Kier molecular flexibility index (Phi) is 5.27. The normalized spacial score (nSPS) is 11.3. The number of ketones is 1. The van der Waals surface area contributed by atoms with Crippen molar-refractivity contribution in [2.24, 2.45) is 5.92 Å². The zero-order valence-electron chi connectivity index (χ0n) is 12.4. The summed E-state index contributed by atoms with van der Waals surface area (Å²) in [4.78, 5) is 21.0. The van der Waals surface area contributed by atoms with Gasteiger partial charge in [-0.25, -0.2) is 4.98 Å². The second-order valence-corrected chi connectivity index (χ2v) is 5.29. The van der Waals surface area contributed by atoms with Crippen LogP contribution in [0.1, 0.15) is 62.9 Å². The van der Waals surface area contributed by atoms with Crippen LogP contribution in [0.15, 0.2) is 24.8 Å². The number of aromatic nitrogens is 3. The fraction of sp³-hybridized carbons (Fsp3) is 0.562. The van der Waals surface area contributed by atoms with Crippen LogP contribution in [0.25, 0.3) is 5.65 Å². The van der Waals surface area contributed by atoms with E-state index in [-0.39, 0.29) is 11.7 Å². The summed E-state index contributed by atoms with van der Waals surface area (Å²) in [5, 5.41) is 0. The average Bonchev–Trinajstić information content (AvgIpc) is 2.91. The summed E-state index contributed by atoms with van der Waals surface area (Å²) in [6, 6.07) is 0. The van der Waals surface area contributed by atoms with E-state index in [1.165, 1.54) is 0 Å². The largest absolute Gasteiger partial charge is 0.294 e. The number of rotatable bonds is 8. The molecule has 0 fully saturated rings. The molecule has 4 heteroatoms. The fourth-order valence-corrected chi connectivity index (χ4v) is 2.54. The second kappa shape index (κ2) is 7.17.